The normalized spacial score (nSPS) is 11.9. The van der Waals surface area contributed by atoms with Gasteiger partial charge in [0.1, 0.15) is 0 Å². The van der Waals surface area contributed by atoms with Crippen LogP contribution in [0.15, 0.2) is 24.3 Å². The molecule has 0 aromatic heterocycles. The molecule has 0 radical (unpaired) electrons. The van der Waals surface area contributed by atoms with E-state index in [0.29, 0.717) is 0 Å². The van der Waals surface area contributed by atoms with Crippen LogP contribution in [0.4, 0.5) is 0 Å². The monoisotopic (exact) mass is 416 g/mol. The van der Waals surface area contributed by atoms with Crippen molar-refractivity contribution in [1.82, 2.24) is 0 Å². The molecule has 0 saturated carbocycles. The third-order valence-electron chi connectivity index (χ3n) is 6.39. The van der Waals surface area contributed by atoms with E-state index in [-0.39, 0.29) is 0 Å². The predicted molar refractivity (Wildman–Crippen MR) is 136 cm³/mol. The van der Waals surface area contributed by atoms with Crippen LogP contribution in [0, 0.1) is 0 Å². The molecule has 0 spiro atoms. The topological polar surface area (TPSA) is 0 Å². The van der Waals surface area contributed by atoms with Crippen molar-refractivity contribution in [3.8, 4) is 0 Å². The predicted octanol–water partition coefficient (Wildman–Crippen LogP) is 8.74. The number of quaternary nitrogens is 1. The molecule has 174 valence electrons. The van der Waals surface area contributed by atoms with Crippen LogP contribution in [-0.4, -0.2) is 32.2 Å². The highest BCUT2D eigenvalue weighted by molar-refractivity contribution is 5.22. The van der Waals surface area contributed by atoms with E-state index >= 15 is 0 Å². The third-order valence-corrected chi connectivity index (χ3v) is 6.39. The Hall–Kier alpha value is -0.820. The zero-order valence-electron chi connectivity index (χ0n) is 21.2. The molecule has 1 rings (SSSR count). The third kappa shape index (κ3) is 16.9. The highest BCUT2D eigenvalue weighted by Crippen LogP contribution is 2.15. The Bertz CT molecular complexity index is 482. The average molecular weight is 417 g/mol. The maximum atomic E-state index is 2.37. The zero-order chi connectivity index (χ0) is 21.9. The summed E-state index contributed by atoms with van der Waals surface area (Å²) < 4.78 is 1.08. The summed E-state index contributed by atoms with van der Waals surface area (Å²) in [6, 6.07) is 9.48. The molecule has 1 aromatic rings. The highest BCUT2D eigenvalue weighted by atomic mass is 15.3. The Morgan fingerprint density at radius 3 is 1.17 bits per heavy atom. The largest absolute Gasteiger partial charge is 0.331 e. The molecule has 30 heavy (non-hydrogen) atoms. The van der Waals surface area contributed by atoms with Crippen LogP contribution < -0.4 is 0 Å². The van der Waals surface area contributed by atoms with Gasteiger partial charge in [-0.05, 0) is 43.2 Å². The minimum atomic E-state index is 1.08. The van der Waals surface area contributed by atoms with Gasteiger partial charge in [-0.15, -0.1) is 0 Å². The summed E-state index contributed by atoms with van der Waals surface area (Å²) in [5.74, 6) is 0. The summed E-state index contributed by atoms with van der Waals surface area (Å²) in [5.41, 5.74) is 3.05. The molecule has 1 aromatic carbocycles. The van der Waals surface area contributed by atoms with Gasteiger partial charge in [0, 0.05) is 0 Å². The first-order valence-electron chi connectivity index (χ1n) is 13.4. The van der Waals surface area contributed by atoms with E-state index in [1.165, 1.54) is 133 Å². The van der Waals surface area contributed by atoms with Crippen LogP contribution >= 0.6 is 0 Å². The lowest BCUT2D eigenvalue weighted by molar-refractivity contribution is -0.870. The lowest BCUT2D eigenvalue weighted by Gasteiger charge is -2.23. The number of aryl methyl sites for hydroxylation is 2. The Morgan fingerprint density at radius 1 is 0.467 bits per heavy atom. The molecular weight excluding hydrogens is 362 g/mol. The number of hydrogen-bond donors (Lipinski definition) is 0. The van der Waals surface area contributed by atoms with Crippen molar-refractivity contribution in [2.24, 2.45) is 0 Å². The Labute approximate surface area is 190 Å². The van der Waals surface area contributed by atoms with Gasteiger partial charge >= 0.3 is 0 Å². The molecule has 0 fully saturated rings. The summed E-state index contributed by atoms with van der Waals surface area (Å²) >= 11 is 0. The quantitative estimate of drug-likeness (QED) is 0.147. The molecule has 0 aliphatic heterocycles. The maximum Gasteiger partial charge on any atom is 0.0780 e. The second-order valence-corrected chi connectivity index (χ2v) is 10.6. The van der Waals surface area contributed by atoms with Gasteiger partial charge in [-0.25, -0.2) is 0 Å². The SMILES string of the molecule is CCCCCCCCCCCCCCCCc1ccc(CCCC[N+](C)(C)C)cc1. The fourth-order valence-electron chi connectivity index (χ4n) is 4.31. The van der Waals surface area contributed by atoms with E-state index < -0.39 is 0 Å². The van der Waals surface area contributed by atoms with E-state index in [9.17, 15) is 0 Å². The van der Waals surface area contributed by atoms with E-state index in [0.717, 1.165) is 4.48 Å². The van der Waals surface area contributed by atoms with E-state index in [4.69, 9.17) is 0 Å². The Morgan fingerprint density at radius 2 is 0.800 bits per heavy atom. The number of rotatable bonds is 20. The van der Waals surface area contributed by atoms with E-state index in [2.05, 4.69) is 52.3 Å². The number of unbranched alkanes of at least 4 members (excludes halogenated alkanes) is 14. The van der Waals surface area contributed by atoms with Crippen molar-refractivity contribution in [2.75, 3.05) is 27.7 Å². The number of nitrogens with zero attached hydrogens (tertiary/aromatic N) is 1. The number of benzene rings is 1. The van der Waals surface area contributed by atoms with Crippen LogP contribution in [0.3, 0.4) is 0 Å². The van der Waals surface area contributed by atoms with Gasteiger partial charge in [-0.3, -0.25) is 0 Å². The van der Waals surface area contributed by atoms with Crippen LogP contribution in [0.5, 0.6) is 0 Å². The van der Waals surface area contributed by atoms with Gasteiger partial charge in [-0.1, -0.05) is 115 Å². The standard InChI is InChI=1S/C29H54N/c1-5-6-7-8-9-10-11-12-13-14-15-16-17-18-21-28-23-25-29(26-24-28)22-19-20-27-30(2,3)4/h23-26H,5-22,27H2,1-4H3/q+1. The second-order valence-electron chi connectivity index (χ2n) is 10.6. The van der Waals surface area contributed by atoms with E-state index in [1.807, 2.05) is 0 Å². The summed E-state index contributed by atoms with van der Waals surface area (Å²) in [5, 5.41) is 0. The Kier molecular flexibility index (Phi) is 16.2. The van der Waals surface area contributed by atoms with Crippen molar-refractivity contribution < 1.29 is 4.48 Å². The van der Waals surface area contributed by atoms with Gasteiger partial charge in [0.05, 0.1) is 27.7 Å². The summed E-state index contributed by atoms with van der Waals surface area (Å²) in [6.45, 7) is 3.57. The van der Waals surface area contributed by atoms with Crippen molar-refractivity contribution in [3.63, 3.8) is 0 Å². The molecule has 0 heterocycles. The van der Waals surface area contributed by atoms with Crippen LogP contribution in [0.25, 0.3) is 0 Å². The van der Waals surface area contributed by atoms with Crippen LogP contribution in [0.1, 0.15) is 121 Å². The maximum absolute atomic E-state index is 2.37. The second kappa shape index (κ2) is 17.8. The Balaban J connectivity index is 1.91. The molecule has 0 N–H and O–H groups in total. The fourth-order valence-corrected chi connectivity index (χ4v) is 4.31. The summed E-state index contributed by atoms with van der Waals surface area (Å²) in [7, 11) is 6.85. The first-order chi connectivity index (χ1) is 14.5. The highest BCUT2D eigenvalue weighted by Gasteiger charge is 2.05. The van der Waals surface area contributed by atoms with Gasteiger partial charge < -0.3 is 4.48 Å². The molecule has 0 unspecified atom stereocenters. The zero-order valence-corrected chi connectivity index (χ0v) is 21.2. The first-order valence-corrected chi connectivity index (χ1v) is 13.4. The van der Waals surface area contributed by atoms with Crippen molar-refractivity contribution in [2.45, 2.75) is 122 Å². The molecule has 0 aliphatic rings. The van der Waals surface area contributed by atoms with Crippen LogP contribution in [0.2, 0.25) is 0 Å². The molecule has 1 nitrogen and oxygen atoms in total. The summed E-state index contributed by atoms with van der Waals surface area (Å²) in [6.07, 6.45) is 25.3. The minimum absolute atomic E-state index is 1.08. The molecule has 0 aliphatic carbocycles. The molecule has 0 amide bonds. The lowest BCUT2D eigenvalue weighted by Crippen LogP contribution is -2.35. The van der Waals surface area contributed by atoms with Crippen molar-refractivity contribution in [3.05, 3.63) is 35.4 Å². The van der Waals surface area contributed by atoms with Crippen molar-refractivity contribution >= 4 is 0 Å². The van der Waals surface area contributed by atoms with Gasteiger partial charge in [0.2, 0.25) is 0 Å². The van der Waals surface area contributed by atoms with Gasteiger partial charge in [0.25, 0.3) is 0 Å². The lowest BCUT2D eigenvalue weighted by atomic mass is 10.0. The molecule has 0 atom stereocenters. The molecule has 0 bridgehead atoms. The van der Waals surface area contributed by atoms with Crippen LogP contribution in [-0.2, 0) is 12.8 Å². The summed E-state index contributed by atoms with van der Waals surface area (Å²) in [4.78, 5) is 0. The molecule has 1 heteroatoms. The fraction of sp³-hybridized carbons (Fsp3) is 0.793. The smallest absolute Gasteiger partial charge is 0.0780 e. The van der Waals surface area contributed by atoms with Gasteiger partial charge in [-0.2, -0.15) is 0 Å². The first kappa shape index (κ1) is 27.2. The van der Waals surface area contributed by atoms with Crippen molar-refractivity contribution in [1.29, 1.82) is 0 Å². The van der Waals surface area contributed by atoms with Gasteiger partial charge in [0.15, 0.2) is 0 Å². The molecule has 0 saturated heterocycles. The average Bonchev–Trinajstić information content (AvgIpc) is 2.72. The minimum Gasteiger partial charge on any atom is -0.331 e. The molecular formula is C29H54N+. The van der Waals surface area contributed by atoms with E-state index in [1.54, 1.807) is 0 Å². The number of hydrogen-bond acceptors (Lipinski definition) is 0.